The fraction of sp³-hybridized carbons (Fsp3) is 1.00. The molecular weight excluding hydrogens is 117 g/mol. The smallest absolute Gasteiger partial charge is 0.107 e. The molecule has 2 fully saturated rings. The van der Waals surface area contributed by atoms with Crippen molar-refractivity contribution < 1.29 is 4.39 Å². The second kappa shape index (κ2) is 1.69. The fourth-order valence-corrected chi connectivity index (χ4v) is 2.30. The summed E-state index contributed by atoms with van der Waals surface area (Å²) >= 11 is 0. The summed E-state index contributed by atoms with van der Waals surface area (Å²) in [5.74, 6) is 0.542. The Morgan fingerprint density at radius 2 is 2.11 bits per heavy atom. The Kier molecular flexibility index (Phi) is 1.06. The van der Waals surface area contributed by atoms with E-state index in [0.29, 0.717) is 5.92 Å². The largest absolute Gasteiger partial charge is 0.327 e. The molecule has 0 radical (unpaired) electrons. The van der Waals surface area contributed by atoms with Crippen molar-refractivity contribution >= 4 is 0 Å². The third-order valence-corrected chi connectivity index (χ3v) is 2.86. The minimum atomic E-state index is -0.556. The Bertz CT molecular complexity index is 126. The molecule has 0 saturated heterocycles. The molecule has 0 unspecified atom stereocenters. The van der Waals surface area contributed by atoms with Crippen molar-refractivity contribution in [3.05, 3.63) is 0 Å². The Morgan fingerprint density at radius 1 is 1.33 bits per heavy atom. The first-order valence-electron chi connectivity index (χ1n) is 3.68. The zero-order chi connectivity index (χ0) is 6.43. The second-order valence-electron chi connectivity index (χ2n) is 3.35. The molecule has 0 aliphatic heterocycles. The summed E-state index contributed by atoms with van der Waals surface area (Å²) in [5.41, 5.74) is 5.67. The monoisotopic (exact) mass is 129 g/mol. The van der Waals surface area contributed by atoms with Crippen LogP contribution in [0.15, 0.2) is 0 Å². The minimum Gasteiger partial charge on any atom is -0.327 e. The van der Waals surface area contributed by atoms with Gasteiger partial charge in [-0.25, -0.2) is 4.39 Å². The van der Waals surface area contributed by atoms with Crippen molar-refractivity contribution in [3.63, 3.8) is 0 Å². The SMILES string of the molecule is N[C@@H]1C[C@H]2CC[C@H]1[C@H]2F. The van der Waals surface area contributed by atoms with Crippen LogP contribution in [0.5, 0.6) is 0 Å². The van der Waals surface area contributed by atoms with E-state index in [1.807, 2.05) is 0 Å². The first kappa shape index (κ1) is 5.66. The average Bonchev–Trinajstić information content (AvgIpc) is 2.25. The van der Waals surface area contributed by atoms with Crippen LogP contribution in [0, 0.1) is 11.8 Å². The van der Waals surface area contributed by atoms with Gasteiger partial charge in [-0.05, 0) is 25.2 Å². The van der Waals surface area contributed by atoms with E-state index in [2.05, 4.69) is 0 Å². The lowest BCUT2D eigenvalue weighted by atomic mass is 9.96. The quantitative estimate of drug-likeness (QED) is 0.520. The number of halogens is 1. The van der Waals surface area contributed by atoms with Crippen LogP contribution in [0.25, 0.3) is 0 Å². The highest BCUT2D eigenvalue weighted by molar-refractivity contribution is 4.99. The van der Waals surface area contributed by atoms with Gasteiger partial charge in [0.15, 0.2) is 0 Å². The van der Waals surface area contributed by atoms with Crippen LogP contribution in [0.2, 0.25) is 0 Å². The van der Waals surface area contributed by atoms with E-state index in [4.69, 9.17) is 5.73 Å². The highest BCUT2D eigenvalue weighted by Crippen LogP contribution is 2.45. The van der Waals surface area contributed by atoms with Crippen LogP contribution >= 0.6 is 0 Å². The molecule has 0 spiro atoms. The maximum absolute atomic E-state index is 12.9. The van der Waals surface area contributed by atoms with E-state index in [1.54, 1.807) is 0 Å². The highest BCUT2D eigenvalue weighted by Gasteiger charge is 2.46. The van der Waals surface area contributed by atoms with Crippen LogP contribution in [0.3, 0.4) is 0 Å². The van der Waals surface area contributed by atoms with Crippen molar-refractivity contribution in [2.24, 2.45) is 17.6 Å². The van der Waals surface area contributed by atoms with Gasteiger partial charge in [0.25, 0.3) is 0 Å². The number of hydrogen-bond acceptors (Lipinski definition) is 1. The Balaban J connectivity index is 2.16. The molecule has 2 saturated carbocycles. The van der Waals surface area contributed by atoms with Crippen molar-refractivity contribution in [1.82, 2.24) is 0 Å². The average molecular weight is 129 g/mol. The molecular formula is C7H12FN. The maximum atomic E-state index is 12.9. The van der Waals surface area contributed by atoms with Gasteiger partial charge in [0.2, 0.25) is 0 Å². The summed E-state index contributed by atoms with van der Waals surface area (Å²) < 4.78 is 12.9. The Hall–Kier alpha value is -0.110. The molecule has 0 aromatic carbocycles. The molecule has 4 atom stereocenters. The molecule has 1 nitrogen and oxygen atoms in total. The molecule has 0 aromatic heterocycles. The fourth-order valence-electron chi connectivity index (χ4n) is 2.30. The van der Waals surface area contributed by atoms with Crippen LogP contribution in [0.1, 0.15) is 19.3 Å². The van der Waals surface area contributed by atoms with Gasteiger partial charge in [-0.2, -0.15) is 0 Å². The van der Waals surface area contributed by atoms with Gasteiger partial charge >= 0.3 is 0 Å². The number of fused-ring (bicyclic) bond motifs is 2. The van der Waals surface area contributed by atoms with Crippen molar-refractivity contribution in [2.45, 2.75) is 31.5 Å². The van der Waals surface area contributed by atoms with Crippen molar-refractivity contribution in [1.29, 1.82) is 0 Å². The molecule has 2 rings (SSSR count). The first-order chi connectivity index (χ1) is 4.29. The summed E-state index contributed by atoms with van der Waals surface area (Å²) in [6, 6.07) is 0.179. The number of rotatable bonds is 0. The molecule has 9 heavy (non-hydrogen) atoms. The second-order valence-corrected chi connectivity index (χ2v) is 3.35. The van der Waals surface area contributed by atoms with Crippen molar-refractivity contribution in [3.8, 4) is 0 Å². The lowest BCUT2D eigenvalue weighted by Gasteiger charge is -2.14. The van der Waals surface area contributed by atoms with Crippen LogP contribution in [-0.4, -0.2) is 12.2 Å². The number of hydrogen-bond donors (Lipinski definition) is 1. The van der Waals surface area contributed by atoms with Gasteiger partial charge in [0.1, 0.15) is 6.17 Å². The summed E-state index contributed by atoms with van der Waals surface area (Å²) in [7, 11) is 0. The Labute approximate surface area is 54.4 Å². The van der Waals surface area contributed by atoms with E-state index in [9.17, 15) is 4.39 Å². The Morgan fingerprint density at radius 3 is 2.33 bits per heavy atom. The third-order valence-electron chi connectivity index (χ3n) is 2.86. The van der Waals surface area contributed by atoms with Gasteiger partial charge in [-0.1, -0.05) is 0 Å². The van der Waals surface area contributed by atoms with Gasteiger partial charge in [0, 0.05) is 12.0 Å². The van der Waals surface area contributed by atoms with E-state index in [1.165, 1.54) is 0 Å². The molecule has 2 aliphatic carbocycles. The first-order valence-corrected chi connectivity index (χ1v) is 3.68. The highest BCUT2D eigenvalue weighted by atomic mass is 19.1. The predicted molar refractivity (Wildman–Crippen MR) is 33.7 cm³/mol. The topological polar surface area (TPSA) is 26.0 Å². The molecule has 0 aromatic rings. The minimum absolute atomic E-state index is 0.179. The molecule has 2 bridgehead atoms. The number of nitrogens with two attached hydrogens (primary N) is 1. The van der Waals surface area contributed by atoms with Gasteiger partial charge in [-0.3, -0.25) is 0 Å². The molecule has 2 aliphatic rings. The summed E-state index contributed by atoms with van der Waals surface area (Å²) in [6.45, 7) is 0. The van der Waals surface area contributed by atoms with Crippen molar-refractivity contribution in [2.75, 3.05) is 0 Å². The lowest BCUT2D eigenvalue weighted by Crippen LogP contribution is -2.27. The number of alkyl halides is 1. The van der Waals surface area contributed by atoms with E-state index in [0.717, 1.165) is 19.3 Å². The van der Waals surface area contributed by atoms with E-state index < -0.39 is 6.17 Å². The summed E-state index contributed by atoms with van der Waals surface area (Å²) in [6.07, 6.45) is 2.50. The molecule has 2 N–H and O–H groups in total. The summed E-state index contributed by atoms with van der Waals surface area (Å²) in [4.78, 5) is 0. The lowest BCUT2D eigenvalue weighted by molar-refractivity contribution is 0.258. The predicted octanol–water partition coefficient (Wildman–Crippen LogP) is 1.08. The van der Waals surface area contributed by atoms with Gasteiger partial charge in [-0.15, -0.1) is 0 Å². The maximum Gasteiger partial charge on any atom is 0.107 e. The molecule has 0 amide bonds. The molecule has 52 valence electrons. The van der Waals surface area contributed by atoms with E-state index >= 15 is 0 Å². The van der Waals surface area contributed by atoms with Gasteiger partial charge in [0.05, 0.1) is 0 Å². The normalized spacial score (nSPS) is 56.7. The third kappa shape index (κ3) is 0.627. The van der Waals surface area contributed by atoms with Crippen LogP contribution in [0.4, 0.5) is 4.39 Å². The zero-order valence-corrected chi connectivity index (χ0v) is 5.39. The van der Waals surface area contributed by atoms with Crippen LogP contribution in [-0.2, 0) is 0 Å². The summed E-state index contributed by atoms with van der Waals surface area (Å²) in [5, 5.41) is 0. The zero-order valence-electron chi connectivity index (χ0n) is 5.39. The van der Waals surface area contributed by atoms with E-state index in [-0.39, 0.29) is 12.0 Å². The standard InChI is InChI=1S/C7H12FN/c8-7-4-1-2-5(7)6(9)3-4/h4-7H,1-3,9H2/t4-,5-,6-,7+/m1/s1. The molecule has 2 heteroatoms. The van der Waals surface area contributed by atoms with Crippen LogP contribution < -0.4 is 5.73 Å². The van der Waals surface area contributed by atoms with Gasteiger partial charge < -0.3 is 5.73 Å². The molecule has 0 heterocycles.